The molecule has 1 aromatic heterocycles. The molecule has 0 aliphatic rings. The summed E-state index contributed by atoms with van der Waals surface area (Å²) >= 11 is 0. The Balaban J connectivity index is 2.56. The van der Waals surface area contributed by atoms with Crippen LogP contribution in [0.3, 0.4) is 0 Å². The van der Waals surface area contributed by atoms with Crippen LogP contribution < -0.4 is 16.0 Å². The van der Waals surface area contributed by atoms with Gasteiger partial charge in [-0.3, -0.25) is 0 Å². The third kappa shape index (κ3) is 4.87. The Morgan fingerprint density at radius 1 is 1.28 bits per heavy atom. The number of aromatic nitrogens is 2. The number of hydrazine groups is 1. The van der Waals surface area contributed by atoms with Crippen molar-refractivity contribution < 1.29 is 4.74 Å². The summed E-state index contributed by atoms with van der Waals surface area (Å²) < 4.78 is 5.64. The Morgan fingerprint density at radius 2 is 2.06 bits per heavy atom. The van der Waals surface area contributed by atoms with Crippen molar-refractivity contribution in [3.63, 3.8) is 0 Å². The molecule has 0 spiro atoms. The predicted molar refractivity (Wildman–Crippen MR) is 73.6 cm³/mol. The fourth-order valence-corrected chi connectivity index (χ4v) is 1.55. The van der Waals surface area contributed by atoms with E-state index in [4.69, 9.17) is 10.6 Å². The van der Waals surface area contributed by atoms with E-state index in [2.05, 4.69) is 22.3 Å². The lowest BCUT2D eigenvalue weighted by atomic mass is 10.2. The van der Waals surface area contributed by atoms with Crippen molar-refractivity contribution >= 4 is 5.82 Å². The maximum Gasteiger partial charge on any atom is 0.218 e. The summed E-state index contributed by atoms with van der Waals surface area (Å²) in [4.78, 5) is 8.65. The van der Waals surface area contributed by atoms with Gasteiger partial charge in [0.1, 0.15) is 11.6 Å². The quantitative estimate of drug-likeness (QED) is 0.423. The summed E-state index contributed by atoms with van der Waals surface area (Å²) in [5, 5.41) is 0. The molecule has 0 radical (unpaired) electrons. The highest BCUT2D eigenvalue weighted by atomic mass is 16.5. The predicted octanol–water partition coefficient (Wildman–Crippen LogP) is 2.84. The van der Waals surface area contributed by atoms with Crippen LogP contribution in [0.15, 0.2) is 6.07 Å². The third-order valence-corrected chi connectivity index (χ3v) is 2.63. The van der Waals surface area contributed by atoms with Gasteiger partial charge in [-0.05, 0) is 6.42 Å². The zero-order valence-electron chi connectivity index (χ0n) is 11.6. The number of anilines is 1. The molecular weight excluding hydrogens is 228 g/mol. The van der Waals surface area contributed by atoms with Crippen LogP contribution in [0, 0.1) is 0 Å². The molecule has 1 rings (SSSR count). The van der Waals surface area contributed by atoms with Crippen molar-refractivity contribution in [3.05, 3.63) is 11.9 Å². The SMILES string of the molecule is CCCCCCOc1cc(NN)nc(C(C)C)n1. The third-order valence-electron chi connectivity index (χ3n) is 2.63. The zero-order valence-corrected chi connectivity index (χ0v) is 11.6. The average Bonchev–Trinajstić information content (AvgIpc) is 2.38. The molecule has 0 aliphatic carbocycles. The normalized spacial score (nSPS) is 10.7. The summed E-state index contributed by atoms with van der Waals surface area (Å²) in [5.41, 5.74) is 2.54. The van der Waals surface area contributed by atoms with Crippen LogP contribution in [0.5, 0.6) is 5.88 Å². The highest BCUT2D eigenvalue weighted by Crippen LogP contribution is 2.18. The van der Waals surface area contributed by atoms with Crippen LogP contribution >= 0.6 is 0 Å². The van der Waals surface area contributed by atoms with Gasteiger partial charge in [0.15, 0.2) is 0 Å². The van der Waals surface area contributed by atoms with E-state index in [1.165, 1.54) is 19.3 Å². The van der Waals surface area contributed by atoms with Crippen LogP contribution in [-0.4, -0.2) is 16.6 Å². The molecule has 0 bridgehead atoms. The Labute approximate surface area is 109 Å². The molecule has 0 aromatic carbocycles. The second-order valence-electron chi connectivity index (χ2n) is 4.66. The van der Waals surface area contributed by atoms with Crippen LogP contribution in [0.2, 0.25) is 0 Å². The van der Waals surface area contributed by atoms with Gasteiger partial charge < -0.3 is 10.2 Å². The zero-order chi connectivity index (χ0) is 13.4. The summed E-state index contributed by atoms with van der Waals surface area (Å²) in [6.07, 6.45) is 4.73. The van der Waals surface area contributed by atoms with E-state index in [9.17, 15) is 0 Å². The van der Waals surface area contributed by atoms with Gasteiger partial charge in [-0.15, -0.1) is 0 Å². The van der Waals surface area contributed by atoms with Crippen LogP contribution in [0.1, 0.15) is 58.2 Å². The van der Waals surface area contributed by atoms with E-state index in [1.54, 1.807) is 6.07 Å². The Morgan fingerprint density at radius 3 is 2.67 bits per heavy atom. The lowest BCUT2D eigenvalue weighted by Gasteiger charge is -2.10. The van der Waals surface area contributed by atoms with E-state index >= 15 is 0 Å². The standard InChI is InChI=1S/C13H24N4O/c1-4-5-6-7-8-18-12-9-11(17-14)15-13(16-12)10(2)3/h9-10H,4-8,14H2,1-3H3,(H,15,16,17). The Bertz CT molecular complexity index is 355. The number of ether oxygens (including phenoxy) is 1. The second kappa shape index (κ2) is 7.87. The molecule has 0 unspecified atom stereocenters. The minimum Gasteiger partial charge on any atom is -0.478 e. The van der Waals surface area contributed by atoms with Gasteiger partial charge in [-0.2, -0.15) is 4.98 Å². The number of nitrogens with one attached hydrogen (secondary N) is 1. The van der Waals surface area contributed by atoms with Gasteiger partial charge >= 0.3 is 0 Å². The summed E-state index contributed by atoms with van der Waals surface area (Å²) in [6.45, 7) is 6.97. The van der Waals surface area contributed by atoms with Crippen molar-refractivity contribution in [2.24, 2.45) is 5.84 Å². The smallest absolute Gasteiger partial charge is 0.218 e. The fraction of sp³-hybridized carbons (Fsp3) is 0.692. The van der Waals surface area contributed by atoms with Crippen LogP contribution in [0.25, 0.3) is 0 Å². The van der Waals surface area contributed by atoms with Gasteiger partial charge in [0, 0.05) is 12.0 Å². The number of unbranched alkanes of at least 4 members (excludes halogenated alkanes) is 3. The molecule has 0 saturated carbocycles. The Kier molecular flexibility index (Phi) is 6.43. The van der Waals surface area contributed by atoms with Gasteiger partial charge in [0.25, 0.3) is 0 Å². The number of nitrogens with two attached hydrogens (primary N) is 1. The van der Waals surface area contributed by atoms with Gasteiger partial charge in [-0.1, -0.05) is 40.0 Å². The summed E-state index contributed by atoms with van der Waals surface area (Å²) in [6, 6.07) is 1.73. The molecule has 5 heteroatoms. The average molecular weight is 252 g/mol. The van der Waals surface area contributed by atoms with Gasteiger partial charge in [0.05, 0.1) is 6.61 Å². The number of hydrogen-bond donors (Lipinski definition) is 2. The first-order valence-electron chi connectivity index (χ1n) is 6.65. The van der Waals surface area contributed by atoms with E-state index in [-0.39, 0.29) is 5.92 Å². The minimum absolute atomic E-state index is 0.251. The fourth-order valence-electron chi connectivity index (χ4n) is 1.55. The molecule has 18 heavy (non-hydrogen) atoms. The maximum atomic E-state index is 5.64. The van der Waals surface area contributed by atoms with Crippen LogP contribution in [0.4, 0.5) is 5.82 Å². The van der Waals surface area contributed by atoms with Gasteiger partial charge in [-0.25, -0.2) is 10.8 Å². The number of nitrogens with zero attached hydrogens (tertiary/aromatic N) is 2. The monoisotopic (exact) mass is 252 g/mol. The molecular formula is C13H24N4O. The Hall–Kier alpha value is -1.36. The lowest BCUT2D eigenvalue weighted by Crippen LogP contribution is -2.12. The molecule has 0 aliphatic heterocycles. The van der Waals surface area contributed by atoms with Crippen molar-refractivity contribution in [2.75, 3.05) is 12.0 Å². The molecule has 1 aromatic rings. The van der Waals surface area contributed by atoms with Crippen molar-refractivity contribution in [1.82, 2.24) is 9.97 Å². The largest absolute Gasteiger partial charge is 0.478 e. The molecule has 0 amide bonds. The summed E-state index contributed by atoms with van der Waals surface area (Å²) in [5.74, 6) is 7.57. The summed E-state index contributed by atoms with van der Waals surface area (Å²) in [7, 11) is 0. The first-order chi connectivity index (χ1) is 8.67. The first kappa shape index (κ1) is 14.7. The van der Waals surface area contributed by atoms with E-state index < -0.39 is 0 Å². The van der Waals surface area contributed by atoms with Crippen molar-refractivity contribution in [3.8, 4) is 5.88 Å². The van der Waals surface area contributed by atoms with Crippen LogP contribution in [-0.2, 0) is 0 Å². The number of rotatable bonds is 8. The maximum absolute atomic E-state index is 5.64. The first-order valence-corrected chi connectivity index (χ1v) is 6.65. The molecule has 0 fully saturated rings. The second-order valence-corrected chi connectivity index (χ2v) is 4.66. The molecule has 0 atom stereocenters. The highest BCUT2D eigenvalue weighted by molar-refractivity contribution is 5.37. The number of nitrogen functional groups attached to an aromatic ring is 1. The molecule has 102 valence electrons. The molecule has 3 N–H and O–H groups in total. The topological polar surface area (TPSA) is 73.1 Å². The molecule has 5 nitrogen and oxygen atoms in total. The van der Waals surface area contributed by atoms with E-state index in [0.717, 1.165) is 12.2 Å². The highest BCUT2D eigenvalue weighted by Gasteiger charge is 2.08. The van der Waals surface area contributed by atoms with Gasteiger partial charge in [0.2, 0.25) is 5.88 Å². The number of hydrogen-bond acceptors (Lipinski definition) is 5. The molecule has 0 saturated heterocycles. The van der Waals surface area contributed by atoms with E-state index in [0.29, 0.717) is 18.3 Å². The lowest BCUT2D eigenvalue weighted by molar-refractivity contribution is 0.292. The van der Waals surface area contributed by atoms with Crippen molar-refractivity contribution in [1.29, 1.82) is 0 Å². The van der Waals surface area contributed by atoms with Crippen molar-refractivity contribution in [2.45, 2.75) is 52.4 Å². The van der Waals surface area contributed by atoms with E-state index in [1.807, 2.05) is 13.8 Å². The molecule has 1 heterocycles. The minimum atomic E-state index is 0.251.